The molecule has 1 aromatic carbocycles. The minimum absolute atomic E-state index is 0.0282. The molecule has 0 saturated heterocycles. The fourth-order valence-electron chi connectivity index (χ4n) is 2.47. The van der Waals surface area contributed by atoms with Crippen molar-refractivity contribution in [2.45, 2.75) is 18.9 Å². The number of aromatic nitrogens is 3. The molecule has 1 unspecified atom stereocenters. The van der Waals surface area contributed by atoms with Crippen molar-refractivity contribution in [3.63, 3.8) is 0 Å². The van der Waals surface area contributed by atoms with E-state index in [2.05, 4.69) is 20.6 Å². The zero-order valence-corrected chi connectivity index (χ0v) is 11.5. The summed E-state index contributed by atoms with van der Waals surface area (Å²) in [5, 5.41) is 0. The van der Waals surface area contributed by atoms with E-state index in [4.69, 9.17) is 5.73 Å². The Morgan fingerprint density at radius 1 is 1.10 bits per heavy atom. The Morgan fingerprint density at radius 3 is 2.65 bits per heavy atom. The molecule has 0 aliphatic heterocycles. The van der Waals surface area contributed by atoms with Gasteiger partial charge in [0, 0.05) is 37.8 Å². The molecule has 0 spiro atoms. The minimum atomic E-state index is 0.0282. The highest BCUT2D eigenvalue weighted by Gasteiger charge is 2.12. The van der Waals surface area contributed by atoms with Gasteiger partial charge in [0.1, 0.15) is 5.82 Å². The Labute approximate surface area is 118 Å². The monoisotopic (exact) mass is 266 g/mol. The molecule has 0 aliphatic carbocycles. The molecule has 2 heterocycles. The van der Waals surface area contributed by atoms with Gasteiger partial charge in [-0.05, 0) is 24.3 Å². The number of imidazole rings is 1. The van der Waals surface area contributed by atoms with Crippen LogP contribution in [0.3, 0.4) is 0 Å². The van der Waals surface area contributed by atoms with E-state index in [1.165, 1.54) is 0 Å². The first-order valence-corrected chi connectivity index (χ1v) is 6.80. The van der Waals surface area contributed by atoms with E-state index in [0.717, 1.165) is 35.4 Å². The number of nitrogens with zero attached hydrogens (tertiary/aromatic N) is 3. The maximum atomic E-state index is 6.24. The number of fused-ring (bicyclic) bond motifs is 1. The first-order valence-electron chi connectivity index (χ1n) is 6.80. The summed E-state index contributed by atoms with van der Waals surface area (Å²) in [5.74, 6) is 1.02. The van der Waals surface area contributed by atoms with E-state index >= 15 is 0 Å². The maximum Gasteiger partial charge on any atom is 0.111 e. The van der Waals surface area contributed by atoms with Crippen molar-refractivity contribution in [1.82, 2.24) is 14.5 Å². The molecule has 20 heavy (non-hydrogen) atoms. The first-order chi connectivity index (χ1) is 9.74. The molecule has 0 saturated carbocycles. The van der Waals surface area contributed by atoms with Gasteiger partial charge in [-0.3, -0.25) is 4.98 Å². The highest BCUT2D eigenvalue weighted by Crippen LogP contribution is 2.15. The summed E-state index contributed by atoms with van der Waals surface area (Å²) in [4.78, 5) is 8.97. The summed E-state index contributed by atoms with van der Waals surface area (Å²) in [6.45, 7) is 0. The molecule has 2 aromatic heterocycles. The topological polar surface area (TPSA) is 56.7 Å². The summed E-state index contributed by atoms with van der Waals surface area (Å²) in [6.07, 6.45) is 3.32. The van der Waals surface area contributed by atoms with Crippen LogP contribution in [0.5, 0.6) is 0 Å². The summed E-state index contributed by atoms with van der Waals surface area (Å²) in [7, 11) is 2.04. The summed E-state index contributed by atoms with van der Waals surface area (Å²) in [6, 6.07) is 14.1. The number of rotatable bonds is 4. The van der Waals surface area contributed by atoms with E-state index < -0.39 is 0 Å². The van der Waals surface area contributed by atoms with Gasteiger partial charge in [-0.2, -0.15) is 0 Å². The van der Waals surface area contributed by atoms with Gasteiger partial charge in [-0.15, -0.1) is 0 Å². The van der Waals surface area contributed by atoms with Crippen LogP contribution in [0.4, 0.5) is 0 Å². The van der Waals surface area contributed by atoms with E-state index in [1.54, 1.807) is 6.20 Å². The van der Waals surface area contributed by atoms with Crippen LogP contribution in [0.1, 0.15) is 11.5 Å². The average molecular weight is 266 g/mol. The lowest BCUT2D eigenvalue weighted by molar-refractivity contribution is 0.618. The van der Waals surface area contributed by atoms with Crippen molar-refractivity contribution >= 4 is 11.0 Å². The lowest BCUT2D eigenvalue weighted by Gasteiger charge is -2.10. The molecule has 0 radical (unpaired) electrons. The molecule has 4 heteroatoms. The van der Waals surface area contributed by atoms with E-state index in [-0.39, 0.29) is 6.04 Å². The van der Waals surface area contributed by atoms with Gasteiger partial charge in [-0.25, -0.2) is 4.98 Å². The van der Waals surface area contributed by atoms with Crippen molar-refractivity contribution in [2.75, 3.05) is 0 Å². The quantitative estimate of drug-likeness (QED) is 0.786. The van der Waals surface area contributed by atoms with Gasteiger partial charge in [0.05, 0.1) is 11.0 Å². The SMILES string of the molecule is Cn1c(CC(N)Cc2ccccn2)nc2ccccc21. The van der Waals surface area contributed by atoms with Crippen molar-refractivity contribution in [2.24, 2.45) is 12.8 Å². The predicted molar refractivity (Wildman–Crippen MR) is 80.3 cm³/mol. The van der Waals surface area contributed by atoms with E-state index in [9.17, 15) is 0 Å². The number of nitrogens with two attached hydrogens (primary N) is 1. The van der Waals surface area contributed by atoms with E-state index in [0.29, 0.717) is 0 Å². The zero-order chi connectivity index (χ0) is 13.9. The molecule has 2 N–H and O–H groups in total. The Bertz CT molecular complexity index is 703. The zero-order valence-electron chi connectivity index (χ0n) is 11.5. The number of hydrogen-bond donors (Lipinski definition) is 1. The smallest absolute Gasteiger partial charge is 0.111 e. The minimum Gasteiger partial charge on any atom is -0.331 e. The fourth-order valence-corrected chi connectivity index (χ4v) is 2.47. The van der Waals surface area contributed by atoms with Crippen LogP contribution < -0.4 is 5.73 Å². The Hall–Kier alpha value is -2.20. The van der Waals surface area contributed by atoms with Gasteiger partial charge in [0.25, 0.3) is 0 Å². The third-order valence-electron chi connectivity index (χ3n) is 3.52. The lowest BCUT2D eigenvalue weighted by atomic mass is 10.1. The predicted octanol–water partition coefficient (Wildman–Crippen LogP) is 2.08. The molecule has 0 amide bonds. The van der Waals surface area contributed by atoms with Gasteiger partial charge in [0.15, 0.2) is 0 Å². The largest absolute Gasteiger partial charge is 0.331 e. The highest BCUT2D eigenvalue weighted by atomic mass is 15.1. The van der Waals surface area contributed by atoms with Crippen molar-refractivity contribution in [3.05, 3.63) is 60.2 Å². The molecule has 102 valence electrons. The van der Waals surface area contributed by atoms with Crippen LogP contribution in [0.2, 0.25) is 0 Å². The molecule has 1 atom stereocenters. The standard InChI is InChI=1S/C16H18N4/c1-20-15-8-3-2-7-14(15)19-16(20)11-12(17)10-13-6-4-5-9-18-13/h2-9,12H,10-11,17H2,1H3. The normalized spacial score (nSPS) is 12.7. The Balaban J connectivity index is 1.77. The average Bonchev–Trinajstić information content (AvgIpc) is 2.77. The molecule has 0 fully saturated rings. The molecular weight excluding hydrogens is 248 g/mol. The second-order valence-electron chi connectivity index (χ2n) is 5.07. The molecule has 3 aromatic rings. The van der Waals surface area contributed by atoms with Crippen molar-refractivity contribution in [1.29, 1.82) is 0 Å². The molecule has 0 bridgehead atoms. The van der Waals surface area contributed by atoms with Gasteiger partial charge < -0.3 is 10.3 Å². The van der Waals surface area contributed by atoms with Crippen LogP contribution >= 0.6 is 0 Å². The van der Waals surface area contributed by atoms with Crippen LogP contribution in [-0.4, -0.2) is 20.6 Å². The number of pyridine rings is 1. The lowest BCUT2D eigenvalue weighted by Crippen LogP contribution is -2.27. The molecule has 0 aliphatic rings. The summed E-state index contributed by atoms with van der Waals surface area (Å²) in [5.41, 5.74) is 9.43. The second-order valence-corrected chi connectivity index (χ2v) is 5.07. The third kappa shape index (κ3) is 2.56. The second kappa shape index (κ2) is 5.43. The van der Waals surface area contributed by atoms with Crippen molar-refractivity contribution < 1.29 is 0 Å². The van der Waals surface area contributed by atoms with Gasteiger partial charge in [0.2, 0.25) is 0 Å². The number of aryl methyl sites for hydroxylation is 1. The molecular formula is C16H18N4. The van der Waals surface area contributed by atoms with Crippen molar-refractivity contribution in [3.8, 4) is 0 Å². The fraction of sp³-hybridized carbons (Fsp3) is 0.250. The van der Waals surface area contributed by atoms with E-state index in [1.807, 2.05) is 43.4 Å². The molecule has 3 rings (SSSR count). The Morgan fingerprint density at radius 2 is 1.90 bits per heavy atom. The third-order valence-corrected chi connectivity index (χ3v) is 3.52. The summed E-state index contributed by atoms with van der Waals surface area (Å²) < 4.78 is 2.12. The van der Waals surface area contributed by atoms with Gasteiger partial charge in [-0.1, -0.05) is 18.2 Å². The van der Waals surface area contributed by atoms with Gasteiger partial charge >= 0.3 is 0 Å². The summed E-state index contributed by atoms with van der Waals surface area (Å²) >= 11 is 0. The Kier molecular flexibility index (Phi) is 3.48. The van der Waals surface area contributed by atoms with Crippen LogP contribution in [0, 0.1) is 0 Å². The number of hydrogen-bond acceptors (Lipinski definition) is 3. The van der Waals surface area contributed by atoms with Crippen LogP contribution in [0.15, 0.2) is 48.7 Å². The first kappa shape index (κ1) is 12.8. The highest BCUT2D eigenvalue weighted by molar-refractivity contribution is 5.75. The van der Waals surface area contributed by atoms with Crippen LogP contribution in [-0.2, 0) is 19.9 Å². The number of benzene rings is 1. The van der Waals surface area contributed by atoms with Crippen LogP contribution in [0.25, 0.3) is 11.0 Å². The number of para-hydroxylation sites is 2. The maximum absolute atomic E-state index is 6.24. The molecule has 4 nitrogen and oxygen atoms in total.